The van der Waals surface area contributed by atoms with E-state index in [1.807, 2.05) is 24.3 Å². The van der Waals surface area contributed by atoms with E-state index in [9.17, 15) is 22.4 Å². The molecule has 0 saturated heterocycles. The standard InChI is InChI=1S/C30H27F4N7O3/c1-43-12-11-36-15-17-3-7-20(8-4-17)41-28-25(27(35)37-16-38-28)26(40-41)18-5-10-23(24(13-18)44-2)39-29(42)21-9-6-19(14-22(21)31)30(32,33)34/h3-10,13-14,16,36H,11-12,15H2,1-2H3,(H,39,42)(H2,35,37,38). The third kappa shape index (κ3) is 6.31. The molecule has 3 aromatic carbocycles. The predicted molar refractivity (Wildman–Crippen MR) is 156 cm³/mol. The van der Waals surface area contributed by atoms with Gasteiger partial charge in [0.2, 0.25) is 0 Å². The SMILES string of the molecule is COCCNCc1ccc(-n2nc(-c3ccc(NC(=O)c4ccc(C(F)(F)F)cc4F)c(OC)c3)c3c(N)ncnc32)cc1. The van der Waals surface area contributed by atoms with Crippen LogP contribution < -0.4 is 21.1 Å². The average molecular weight is 610 g/mol. The number of ether oxygens (including phenoxy) is 2. The molecule has 0 fully saturated rings. The summed E-state index contributed by atoms with van der Waals surface area (Å²) in [7, 11) is 3.01. The lowest BCUT2D eigenvalue weighted by Gasteiger charge is -2.13. The molecule has 0 spiro atoms. The smallest absolute Gasteiger partial charge is 0.416 e. The van der Waals surface area contributed by atoms with E-state index in [-0.39, 0.29) is 23.3 Å². The Morgan fingerprint density at radius 2 is 1.80 bits per heavy atom. The van der Waals surface area contributed by atoms with Crippen LogP contribution in [-0.2, 0) is 17.5 Å². The molecule has 0 aliphatic rings. The summed E-state index contributed by atoms with van der Waals surface area (Å²) >= 11 is 0. The highest BCUT2D eigenvalue weighted by Gasteiger charge is 2.32. The predicted octanol–water partition coefficient (Wildman–Crippen LogP) is 5.22. The molecule has 2 heterocycles. The number of alkyl halides is 3. The summed E-state index contributed by atoms with van der Waals surface area (Å²) < 4.78 is 65.3. The second kappa shape index (κ2) is 12.7. The van der Waals surface area contributed by atoms with Gasteiger partial charge in [0.1, 0.15) is 29.4 Å². The largest absolute Gasteiger partial charge is 0.495 e. The molecule has 14 heteroatoms. The lowest BCUT2D eigenvalue weighted by molar-refractivity contribution is -0.137. The fourth-order valence-corrected chi connectivity index (χ4v) is 4.53. The van der Waals surface area contributed by atoms with Crippen LogP contribution >= 0.6 is 0 Å². The van der Waals surface area contributed by atoms with E-state index in [1.54, 1.807) is 23.9 Å². The molecule has 2 aromatic heterocycles. The molecular formula is C30H27F4N7O3. The number of carbonyl (C=O) groups excluding carboxylic acids is 1. The molecule has 10 nitrogen and oxygen atoms in total. The number of aromatic nitrogens is 4. The Hall–Kier alpha value is -5.08. The summed E-state index contributed by atoms with van der Waals surface area (Å²) in [4.78, 5) is 21.3. The van der Waals surface area contributed by atoms with Crippen molar-refractivity contribution in [2.45, 2.75) is 12.7 Å². The first-order valence-corrected chi connectivity index (χ1v) is 13.3. The van der Waals surface area contributed by atoms with Gasteiger partial charge in [-0.25, -0.2) is 19.0 Å². The third-order valence-electron chi connectivity index (χ3n) is 6.75. The first-order valence-electron chi connectivity index (χ1n) is 13.3. The Labute approximate surface area is 248 Å². The molecule has 0 bridgehead atoms. The van der Waals surface area contributed by atoms with Gasteiger partial charge in [0.15, 0.2) is 5.65 Å². The lowest BCUT2D eigenvalue weighted by atomic mass is 10.1. The van der Waals surface area contributed by atoms with Crippen LogP contribution in [0.15, 0.2) is 67.0 Å². The van der Waals surface area contributed by atoms with Crippen LogP contribution in [0.1, 0.15) is 21.5 Å². The first-order chi connectivity index (χ1) is 21.1. The van der Waals surface area contributed by atoms with Crippen molar-refractivity contribution in [3.63, 3.8) is 0 Å². The molecule has 228 valence electrons. The zero-order valence-corrected chi connectivity index (χ0v) is 23.6. The molecule has 4 N–H and O–H groups in total. The zero-order chi connectivity index (χ0) is 31.4. The van der Waals surface area contributed by atoms with Crippen LogP contribution in [0.3, 0.4) is 0 Å². The number of anilines is 2. The van der Waals surface area contributed by atoms with E-state index in [0.29, 0.717) is 41.5 Å². The van der Waals surface area contributed by atoms with Crippen molar-refractivity contribution in [2.24, 2.45) is 0 Å². The highest BCUT2D eigenvalue weighted by atomic mass is 19.4. The van der Waals surface area contributed by atoms with Gasteiger partial charge in [0, 0.05) is 25.8 Å². The summed E-state index contributed by atoms with van der Waals surface area (Å²) in [5, 5.41) is 11.0. The minimum atomic E-state index is -4.74. The fraction of sp³-hybridized carbons (Fsp3) is 0.200. The number of nitrogen functional groups attached to an aromatic ring is 1. The number of rotatable bonds is 10. The van der Waals surface area contributed by atoms with Crippen LogP contribution in [0.5, 0.6) is 5.75 Å². The average Bonchev–Trinajstić information content (AvgIpc) is 3.40. The van der Waals surface area contributed by atoms with Crippen LogP contribution in [-0.4, -0.2) is 53.0 Å². The Kier molecular flexibility index (Phi) is 8.73. The number of hydrogen-bond donors (Lipinski definition) is 3. The summed E-state index contributed by atoms with van der Waals surface area (Å²) in [6, 6.07) is 14.2. The molecule has 1 amide bonds. The number of nitrogens with two attached hydrogens (primary N) is 1. The van der Waals surface area contributed by atoms with Gasteiger partial charge in [-0.2, -0.15) is 18.3 Å². The maximum atomic E-state index is 14.4. The normalized spacial score (nSPS) is 11.6. The van der Waals surface area contributed by atoms with Crippen molar-refractivity contribution < 1.29 is 31.8 Å². The van der Waals surface area contributed by atoms with Crippen LogP contribution in [0, 0.1) is 5.82 Å². The minimum absolute atomic E-state index is 0.156. The second-order valence-corrected chi connectivity index (χ2v) is 9.62. The van der Waals surface area contributed by atoms with E-state index in [4.69, 9.17) is 20.3 Å². The van der Waals surface area contributed by atoms with Gasteiger partial charge in [-0.1, -0.05) is 18.2 Å². The molecule has 0 aliphatic heterocycles. The van der Waals surface area contributed by atoms with Crippen LogP contribution in [0.2, 0.25) is 0 Å². The highest BCUT2D eigenvalue weighted by Crippen LogP contribution is 2.36. The van der Waals surface area contributed by atoms with Crippen LogP contribution in [0.25, 0.3) is 28.0 Å². The Morgan fingerprint density at radius 1 is 1.02 bits per heavy atom. The Balaban J connectivity index is 1.45. The van der Waals surface area contributed by atoms with E-state index >= 15 is 0 Å². The number of benzene rings is 3. The number of amides is 1. The van der Waals surface area contributed by atoms with Gasteiger partial charge in [0.05, 0.1) is 41.6 Å². The summed E-state index contributed by atoms with van der Waals surface area (Å²) in [6.07, 6.45) is -3.40. The number of carbonyl (C=O) groups is 1. The van der Waals surface area contributed by atoms with Gasteiger partial charge in [0.25, 0.3) is 5.91 Å². The molecule has 5 rings (SSSR count). The maximum absolute atomic E-state index is 14.4. The fourth-order valence-electron chi connectivity index (χ4n) is 4.53. The third-order valence-corrected chi connectivity index (χ3v) is 6.75. The van der Waals surface area contributed by atoms with Gasteiger partial charge >= 0.3 is 6.18 Å². The highest BCUT2D eigenvalue weighted by molar-refractivity contribution is 6.06. The topological polar surface area (TPSA) is 129 Å². The van der Waals surface area contributed by atoms with E-state index in [0.717, 1.165) is 23.9 Å². The van der Waals surface area contributed by atoms with E-state index in [2.05, 4.69) is 20.6 Å². The summed E-state index contributed by atoms with van der Waals surface area (Å²) in [5.41, 5.74) is 7.90. The number of fused-ring (bicyclic) bond motifs is 1. The van der Waals surface area contributed by atoms with Crippen molar-refractivity contribution in [1.82, 2.24) is 25.1 Å². The Bertz CT molecular complexity index is 1810. The molecule has 0 atom stereocenters. The van der Waals surface area contributed by atoms with E-state index in [1.165, 1.54) is 19.5 Å². The van der Waals surface area contributed by atoms with Crippen molar-refractivity contribution >= 4 is 28.4 Å². The monoisotopic (exact) mass is 609 g/mol. The summed E-state index contributed by atoms with van der Waals surface area (Å²) in [5.74, 6) is -1.88. The quantitative estimate of drug-likeness (QED) is 0.145. The minimum Gasteiger partial charge on any atom is -0.495 e. The van der Waals surface area contributed by atoms with Crippen LogP contribution in [0.4, 0.5) is 29.1 Å². The Morgan fingerprint density at radius 3 is 2.48 bits per heavy atom. The number of nitrogens with zero attached hydrogens (tertiary/aromatic N) is 4. The maximum Gasteiger partial charge on any atom is 0.416 e. The van der Waals surface area contributed by atoms with Crippen molar-refractivity contribution in [2.75, 3.05) is 38.4 Å². The number of hydrogen-bond acceptors (Lipinski definition) is 8. The zero-order valence-electron chi connectivity index (χ0n) is 23.6. The van der Waals surface area contributed by atoms with Gasteiger partial charge < -0.3 is 25.8 Å². The number of halogens is 4. The first kappa shape index (κ1) is 30.4. The number of methoxy groups -OCH3 is 2. The van der Waals surface area contributed by atoms with Gasteiger partial charge in [-0.15, -0.1) is 0 Å². The summed E-state index contributed by atoms with van der Waals surface area (Å²) in [6.45, 7) is 1.99. The van der Waals surface area contributed by atoms with Crippen molar-refractivity contribution in [3.05, 3.63) is 89.5 Å². The molecule has 5 aromatic rings. The molecule has 0 aliphatic carbocycles. The molecule has 0 unspecified atom stereocenters. The molecular weight excluding hydrogens is 582 g/mol. The number of nitrogens with one attached hydrogen (secondary N) is 2. The lowest BCUT2D eigenvalue weighted by Crippen LogP contribution is -2.18. The van der Waals surface area contributed by atoms with Crippen molar-refractivity contribution in [1.29, 1.82) is 0 Å². The van der Waals surface area contributed by atoms with Crippen molar-refractivity contribution in [3.8, 4) is 22.7 Å². The van der Waals surface area contributed by atoms with Gasteiger partial charge in [-0.3, -0.25) is 4.79 Å². The molecule has 0 radical (unpaired) electrons. The molecule has 0 saturated carbocycles. The second-order valence-electron chi connectivity index (χ2n) is 9.62. The van der Waals surface area contributed by atoms with Gasteiger partial charge in [-0.05, 0) is 48.0 Å². The van der Waals surface area contributed by atoms with E-state index < -0.39 is 29.0 Å². The molecule has 44 heavy (non-hydrogen) atoms.